The number of amides is 1. The maximum Gasteiger partial charge on any atom is 0.230 e. The predicted molar refractivity (Wildman–Crippen MR) is 103 cm³/mol. The van der Waals surface area contributed by atoms with Gasteiger partial charge in [0.25, 0.3) is 0 Å². The zero-order chi connectivity index (χ0) is 18.4. The van der Waals surface area contributed by atoms with Crippen molar-refractivity contribution >= 4 is 27.5 Å². The Morgan fingerprint density at radius 1 is 1.08 bits per heavy atom. The summed E-state index contributed by atoms with van der Waals surface area (Å²) in [5.41, 5.74) is 3.30. The summed E-state index contributed by atoms with van der Waals surface area (Å²) in [6.07, 6.45) is 1.18. The minimum Gasteiger partial charge on any atom is -0.349 e. The van der Waals surface area contributed by atoms with E-state index in [1.807, 2.05) is 13.8 Å². The van der Waals surface area contributed by atoms with Crippen molar-refractivity contribution in [3.8, 4) is 0 Å². The molecule has 0 aliphatic rings. The number of carbonyl (C=O) groups excluding carboxylic acids is 1. The number of carbonyl (C=O) groups is 1. The smallest absolute Gasteiger partial charge is 0.230 e. The number of hydrogen-bond donors (Lipinski definition) is 1. The first-order valence-corrected chi connectivity index (χ1v) is 11.0. The summed E-state index contributed by atoms with van der Waals surface area (Å²) in [7, 11) is -3.20. The zero-order valence-corrected chi connectivity index (χ0v) is 16.3. The maximum absolute atomic E-state index is 12.1. The van der Waals surface area contributed by atoms with Gasteiger partial charge in [-0.25, -0.2) is 8.42 Å². The lowest BCUT2D eigenvalue weighted by Crippen LogP contribution is -2.28. The molecule has 25 heavy (non-hydrogen) atoms. The second kappa shape index (κ2) is 8.54. The first-order chi connectivity index (χ1) is 11.8. The fourth-order valence-corrected chi connectivity index (χ4v) is 3.75. The topological polar surface area (TPSA) is 63.2 Å². The third kappa shape index (κ3) is 6.21. The number of thioether (sulfide) groups is 1. The van der Waals surface area contributed by atoms with E-state index in [0.717, 1.165) is 11.3 Å². The molecule has 2 aromatic carbocycles. The summed E-state index contributed by atoms with van der Waals surface area (Å²) in [4.78, 5) is 12.4. The number of hydrogen-bond acceptors (Lipinski definition) is 4. The van der Waals surface area contributed by atoms with Gasteiger partial charge in [-0.05, 0) is 37.1 Å². The Morgan fingerprint density at radius 2 is 1.68 bits per heavy atom. The van der Waals surface area contributed by atoms with Crippen molar-refractivity contribution in [1.29, 1.82) is 0 Å². The summed E-state index contributed by atoms with van der Waals surface area (Å²) in [6.45, 7) is 3.94. The second-order valence-electron chi connectivity index (χ2n) is 6.11. The van der Waals surface area contributed by atoms with Gasteiger partial charge in [-0.1, -0.05) is 42.0 Å². The fraction of sp³-hybridized carbons (Fsp3) is 0.316. The lowest BCUT2D eigenvalue weighted by atomic mass is 10.1. The molecule has 0 bridgehead atoms. The Kier molecular flexibility index (Phi) is 6.67. The Morgan fingerprint density at radius 3 is 2.24 bits per heavy atom. The molecule has 0 heterocycles. The van der Waals surface area contributed by atoms with Crippen LogP contribution in [-0.4, -0.2) is 26.3 Å². The van der Waals surface area contributed by atoms with Crippen molar-refractivity contribution < 1.29 is 13.2 Å². The minimum atomic E-state index is -3.20. The Labute approximate surface area is 154 Å². The van der Waals surface area contributed by atoms with E-state index in [4.69, 9.17) is 0 Å². The molecule has 1 amide bonds. The average Bonchev–Trinajstić information content (AvgIpc) is 2.56. The van der Waals surface area contributed by atoms with Crippen molar-refractivity contribution in [2.24, 2.45) is 0 Å². The van der Waals surface area contributed by atoms with E-state index in [2.05, 4.69) is 29.6 Å². The molecule has 2 rings (SSSR count). The van der Waals surface area contributed by atoms with Crippen molar-refractivity contribution in [1.82, 2.24) is 5.32 Å². The molecule has 134 valence electrons. The Balaban J connectivity index is 1.82. The van der Waals surface area contributed by atoms with E-state index in [-0.39, 0.29) is 16.8 Å². The number of aryl methyl sites for hydroxylation is 1. The van der Waals surface area contributed by atoms with Crippen LogP contribution in [0.5, 0.6) is 0 Å². The molecular formula is C19H23NO3S2. The molecule has 1 atom stereocenters. The molecule has 0 saturated heterocycles. The highest BCUT2D eigenvalue weighted by Gasteiger charge is 2.12. The largest absolute Gasteiger partial charge is 0.349 e. The standard InChI is InChI=1S/C19H23NO3S2/c1-14-4-6-16(7-5-14)12-24-13-19(21)20-15(2)17-8-10-18(11-9-17)25(3,22)23/h4-11,15H,12-13H2,1-3H3,(H,20,21). The summed E-state index contributed by atoms with van der Waals surface area (Å²) in [6, 6.07) is 14.7. The lowest BCUT2D eigenvalue weighted by molar-refractivity contribution is -0.119. The van der Waals surface area contributed by atoms with Gasteiger partial charge in [0.1, 0.15) is 0 Å². The number of benzene rings is 2. The predicted octanol–water partition coefficient (Wildman–Crippen LogP) is 3.51. The molecule has 4 nitrogen and oxygen atoms in total. The molecule has 6 heteroatoms. The van der Waals surface area contributed by atoms with E-state index in [0.29, 0.717) is 5.75 Å². The normalized spacial score (nSPS) is 12.6. The summed E-state index contributed by atoms with van der Waals surface area (Å²) in [5.74, 6) is 1.15. The van der Waals surface area contributed by atoms with Gasteiger partial charge in [-0.3, -0.25) is 4.79 Å². The van der Waals surface area contributed by atoms with E-state index in [9.17, 15) is 13.2 Å². The summed E-state index contributed by atoms with van der Waals surface area (Å²) < 4.78 is 22.9. The van der Waals surface area contributed by atoms with Gasteiger partial charge in [0.2, 0.25) is 5.91 Å². The van der Waals surface area contributed by atoms with Crippen LogP contribution in [0.4, 0.5) is 0 Å². The van der Waals surface area contributed by atoms with Crippen LogP contribution in [0.25, 0.3) is 0 Å². The van der Waals surface area contributed by atoms with Crippen molar-refractivity contribution in [2.45, 2.75) is 30.5 Å². The van der Waals surface area contributed by atoms with Crippen molar-refractivity contribution in [2.75, 3.05) is 12.0 Å². The Hall–Kier alpha value is -1.79. The SMILES string of the molecule is Cc1ccc(CSCC(=O)NC(C)c2ccc(S(C)(=O)=O)cc2)cc1. The van der Waals surface area contributed by atoms with Crippen LogP contribution in [-0.2, 0) is 20.4 Å². The lowest BCUT2D eigenvalue weighted by Gasteiger charge is -2.14. The van der Waals surface area contributed by atoms with Crippen LogP contribution in [0.2, 0.25) is 0 Å². The third-order valence-corrected chi connectivity index (χ3v) is 5.94. The van der Waals surface area contributed by atoms with Gasteiger partial charge < -0.3 is 5.32 Å². The van der Waals surface area contributed by atoms with Crippen LogP contribution in [0.1, 0.15) is 29.7 Å². The molecule has 2 aromatic rings. The molecule has 0 fully saturated rings. The van der Waals surface area contributed by atoms with E-state index < -0.39 is 9.84 Å². The maximum atomic E-state index is 12.1. The molecular weight excluding hydrogens is 354 g/mol. The highest BCUT2D eigenvalue weighted by molar-refractivity contribution is 7.99. The quantitative estimate of drug-likeness (QED) is 0.802. The van der Waals surface area contributed by atoms with Gasteiger partial charge in [-0.2, -0.15) is 0 Å². The van der Waals surface area contributed by atoms with Gasteiger partial charge in [-0.15, -0.1) is 11.8 Å². The number of sulfone groups is 1. The van der Waals surface area contributed by atoms with Gasteiger partial charge in [0.05, 0.1) is 16.7 Å². The van der Waals surface area contributed by atoms with E-state index in [1.165, 1.54) is 17.4 Å². The molecule has 0 saturated carbocycles. The van der Waals surface area contributed by atoms with Crippen LogP contribution in [0.15, 0.2) is 53.4 Å². The third-order valence-electron chi connectivity index (χ3n) is 3.81. The van der Waals surface area contributed by atoms with Gasteiger partial charge in [0.15, 0.2) is 9.84 Å². The first kappa shape index (κ1) is 19.5. The molecule has 1 unspecified atom stereocenters. The van der Waals surface area contributed by atoms with Crippen LogP contribution < -0.4 is 5.32 Å². The van der Waals surface area contributed by atoms with Crippen molar-refractivity contribution in [3.05, 3.63) is 65.2 Å². The summed E-state index contributed by atoms with van der Waals surface area (Å²) in [5, 5.41) is 2.94. The molecule has 1 N–H and O–H groups in total. The zero-order valence-electron chi connectivity index (χ0n) is 14.7. The van der Waals surface area contributed by atoms with Gasteiger partial charge in [0, 0.05) is 12.0 Å². The highest BCUT2D eigenvalue weighted by atomic mass is 32.2. The molecule has 0 aromatic heterocycles. The average molecular weight is 378 g/mol. The molecule has 0 aliphatic heterocycles. The number of nitrogens with one attached hydrogen (secondary N) is 1. The highest BCUT2D eigenvalue weighted by Crippen LogP contribution is 2.17. The number of rotatable bonds is 7. The monoisotopic (exact) mass is 377 g/mol. The van der Waals surface area contributed by atoms with Crippen LogP contribution in [0.3, 0.4) is 0 Å². The summed E-state index contributed by atoms with van der Waals surface area (Å²) >= 11 is 1.57. The van der Waals surface area contributed by atoms with E-state index in [1.54, 1.807) is 36.0 Å². The Bertz CT molecular complexity index is 813. The van der Waals surface area contributed by atoms with Crippen LogP contribution in [0, 0.1) is 6.92 Å². The van der Waals surface area contributed by atoms with Crippen LogP contribution >= 0.6 is 11.8 Å². The van der Waals surface area contributed by atoms with Gasteiger partial charge >= 0.3 is 0 Å². The molecule has 0 aliphatic carbocycles. The first-order valence-electron chi connectivity index (χ1n) is 7.98. The second-order valence-corrected chi connectivity index (χ2v) is 9.11. The minimum absolute atomic E-state index is 0.0307. The molecule has 0 spiro atoms. The van der Waals surface area contributed by atoms with E-state index >= 15 is 0 Å². The molecule has 0 radical (unpaired) electrons. The van der Waals surface area contributed by atoms with Crippen molar-refractivity contribution in [3.63, 3.8) is 0 Å². The fourth-order valence-electron chi connectivity index (χ4n) is 2.32.